The fourth-order valence-electron chi connectivity index (χ4n) is 3.09. The second kappa shape index (κ2) is 7.30. The molecule has 0 spiro atoms. The summed E-state index contributed by atoms with van der Waals surface area (Å²) in [4.78, 5) is 23.7. The van der Waals surface area contributed by atoms with Gasteiger partial charge in [0.05, 0.1) is 18.4 Å². The van der Waals surface area contributed by atoms with Gasteiger partial charge in [0.1, 0.15) is 5.75 Å². The topological polar surface area (TPSA) is 75.6 Å². The zero-order valence-corrected chi connectivity index (χ0v) is 14.0. The fourth-order valence-corrected chi connectivity index (χ4v) is 3.09. The molecule has 0 aromatic heterocycles. The highest BCUT2D eigenvalue weighted by atomic mass is 19.4. The molecule has 1 amide bonds. The summed E-state index contributed by atoms with van der Waals surface area (Å²) < 4.78 is 40.5. The largest absolute Gasteiger partial charge is 0.573 e. The molecule has 1 aliphatic rings. The van der Waals surface area contributed by atoms with Crippen molar-refractivity contribution in [2.75, 3.05) is 0 Å². The number of halogens is 3. The van der Waals surface area contributed by atoms with E-state index in [4.69, 9.17) is 5.11 Å². The van der Waals surface area contributed by atoms with E-state index < -0.39 is 24.1 Å². The Morgan fingerprint density at radius 2 is 1.81 bits per heavy atom. The van der Waals surface area contributed by atoms with Gasteiger partial charge in [-0.05, 0) is 35.2 Å². The lowest BCUT2D eigenvalue weighted by atomic mass is 9.77. The van der Waals surface area contributed by atoms with Crippen molar-refractivity contribution in [1.29, 1.82) is 0 Å². The van der Waals surface area contributed by atoms with E-state index in [0.717, 1.165) is 23.3 Å². The molecule has 0 aliphatic heterocycles. The van der Waals surface area contributed by atoms with E-state index in [1.165, 1.54) is 12.1 Å². The lowest BCUT2D eigenvalue weighted by molar-refractivity contribution is -0.274. The van der Waals surface area contributed by atoms with Gasteiger partial charge >= 0.3 is 12.3 Å². The summed E-state index contributed by atoms with van der Waals surface area (Å²) in [7, 11) is 0. The van der Waals surface area contributed by atoms with Gasteiger partial charge in [0.2, 0.25) is 5.91 Å². The number of hydrogen-bond donors (Lipinski definition) is 2. The molecular formula is C19H16F3NO4. The molecule has 5 nitrogen and oxygen atoms in total. The minimum absolute atomic E-state index is 0.310. The monoisotopic (exact) mass is 379 g/mol. The Hall–Kier alpha value is -3.03. The van der Waals surface area contributed by atoms with Gasteiger partial charge in [-0.15, -0.1) is 13.2 Å². The Bertz CT molecular complexity index is 849. The van der Waals surface area contributed by atoms with E-state index >= 15 is 0 Å². The lowest BCUT2D eigenvalue weighted by Crippen LogP contribution is -2.38. The van der Waals surface area contributed by atoms with Crippen molar-refractivity contribution in [2.24, 2.45) is 0 Å². The molecule has 2 unspecified atom stereocenters. The standard InChI is InChI=1S/C19H16F3NO4/c20-19(21,22)27-13-7-5-11(6-8-13)16(10-17(24)25)23-18(26)15-9-12-3-1-2-4-14(12)15/h1-8,15-16H,9-10H2,(H,23,26)(H,24,25). The zero-order valence-electron chi connectivity index (χ0n) is 14.0. The highest BCUT2D eigenvalue weighted by Gasteiger charge is 2.34. The van der Waals surface area contributed by atoms with Crippen molar-refractivity contribution in [3.8, 4) is 5.75 Å². The van der Waals surface area contributed by atoms with Gasteiger partial charge in [-0.3, -0.25) is 9.59 Å². The smallest absolute Gasteiger partial charge is 0.481 e. The summed E-state index contributed by atoms with van der Waals surface area (Å²) in [6, 6.07) is 11.4. The van der Waals surface area contributed by atoms with Crippen LogP contribution in [0.2, 0.25) is 0 Å². The number of carbonyl (C=O) groups excluding carboxylic acids is 1. The van der Waals surface area contributed by atoms with E-state index in [1.54, 1.807) is 0 Å². The molecule has 0 heterocycles. The molecule has 0 bridgehead atoms. The van der Waals surface area contributed by atoms with Crippen molar-refractivity contribution in [3.05, 3.63) is 65.2 Å². The maximum atomic E-state index is 12.5. The Morgan fingerprint density at radius 1 is 1.15 bits per heavy atom. The summed E-state index contributed by atoms with van der Waals surface area (Å²) in [6.45, 7) is 0. The SMILES string of the molecule is O=C(O)CC(NC(=O)C1Cc2ccccc21)c1ccc(OC(F)(F)F)cc1. The number of carboxylic acids is 1. The second-order valence-electron chi connectivity index (χ2n) is 6.23. The van der Waals surface area contributed by atoms with Crippen LogP contribution in [0.4, 0.5) is 13.2 Å². The summed E-state index contributed by atoms with van der Waals surface area (Å²) >= 11 is 0. The molecule has 2 aromatic rings. The van der Waals surface area contributed by atoms with Crippen LogP contribution in [0.25, 0.3) is 0 Å². The van der Waals surface area contributed by atoms with Crippen LogP contribution in [0.1, 0.15) is 35.1 Å². The van der Waals surface area contributed by atoms with E-state index in [9.17, 15) is 22.8 Å². The Balaban J connectivity index is 1.72. The van der Waals surface area contributed by atoms with Crippen molar-refractivity contribution < 1.29 is 32.6 Å². The van der Waals surface area contributed by atoms with Gasteiger partial charge in [0.15, 0.2) is 0 Å². The lowest BCUT2D eigenvalue weighted by Gasteiger charge is -2.30. The van der Waals surface area contributed by atoms with Gasteiger partial charge in [0, 0.05) is 0 Å². The summed E-state index contributed by atoms with van der Waals surface area (Å²) in [5, 5.41) is 11.8. The molecule has 2 N–H and O–H groups in total. The van der Waals surface area contributed by atoms with Crippen LogP contribution in [-0.4, -0.2) is 23.3 Å². The molecule has 142 valence electrons. The van der Waals surface area contributed by atoms with Gasteiger partial charge in [-0.2, -0.15) is 0 Å². The van der Waals surface area contributed by atoms with Crippen LogP contribution in [0.5, 0.6) is 5.75 Å². The summed E-state index contributed by atoms with van der Waals surface area (Å²) in [6.07, 6.45) is -4.63. The molecule has 3 rings (SSSR count). The first-order valence-electron chi connectivity index (χ1n) is 8.18. The van der Waals surface area contributed by atoms with Gasteiger partial charge < -0.3 is 15.2 Å². The van der Waals surface area contributed by atoms with Crippen LogP contribution < -0.4 is 10.1 Å². The second-order valence-corrected chi connectivity index (χ2v) is 6.23. The van der Waals surface area contributed by atoms with E-state index in [0.29, 0.717) is 12.0 Å². The Labute approximate surface area is 152 Å². The number of carbonyl (C=O) groups is 2. The van der Waals surface area contributed by atoms with Crippen LogP contribution in [0.15, 0.2) is 48.5 Å². The number of hydrogen-bond acceptors (Lipinski definition) is 3. The number of carboxylic acid groups (broad SMARTS) is 1. The fraction of sp³-hybridized carbons (Fsp3) is 0.263. The normalized spacial score (nSPS) is 16.6. The van der Waals surface area contributed by atoms with Crippen molar-refractivity contribution in [3.63, 3.8) is 0 Å². The average molecular weight is 379 g/mol. The molecule has 1 aliphatic carbocycles. The Kier molecular flexibility index (Phi) is 5.07. The van der Waals surface area contributed by atoms with Crippen molar-refractivity contribution in [1.82, 2.24) is 5.32 Å². The van der Waals surface area contributed by atoms with E-state index in [-0.39, 0.29) is 18.2 Å². The molecule has 0 radical (unpaired) electrons. The highest BCUT2D eigenvalue weighted by Crippen LogP contribution is 2.35. The quantitative estimate of drug-likeness (QED) is 0.805. The summed E-state index contributed by atoms with van der Waals surface area (Å²) in [5.41, 5.74) is 2.35. The first-order valence-corrected chi connectivity index (χ1v) is 8.18. The number of alkyl halides is 3. The third-order valence-corrected chi connectivity index (χ3v) is 4.38. The summed E-state index contributed by atoms with van der Waals surface area (Å²) in [5.74, 6) is -2.22. The maximum Gasteiger partial charge on any atom is 0.573 e. The molecule has 27 heavy (non-hydrogen) atoms. The number of rotatable bonds is 6. The van der Waals surface area contributed by atoms with Crippen molar-refractivity contribution >= 4 is 11.9 Å². The molecule has 0 fully saturated rings. The molecular weight excluding hydrogens is 363 g/mol. The highest BCUT2D eigenvalue weighted by molar-refractivity contribution is 5.87. The number of benzene rings is 2. The maximum absolute atomic E-state index is 12.5. The van der Waals surface area contributed by atoms with Crippen LogP contribution in [0.3, 0.4) is 0 Å². The van der Waals surface area contributed by atoms with Crippen LogP contribution in [0, 0.1) is 0 Å². The number of fused-ring (bicyclic) bond motifs is 1. The van der Waals surface area contributed by atoms with Crippen LogP contribution in [-0.2, 0) is 16.0 Å². The molecule has 0 saturated heterocycles. The van der Waals surface area contributed by atoms with E-state index in [1.807, 2.05) is 24.3 Å². The number of ether oxygens (including phenoxy) is 1. The molecule has 8 heteroatoms. The zero-order chi connectivity index (χ0) is 19.6. The number of amides is 1. The number of nitrogens with one attached hydrogen (secondary N) is 1. The van der Waals surface area contributed by atoms with Crippen molar-refractivity contribution in [2.45, 2.75) is 31.2 Å². The Morgan fingerprint density at radius 3 is 2.41 bits per heavy atom. The third-order valence-electron chi connectivity index (χ3n) is 4.38. The minimum atomic E-state index is -4.81. The number of aliphatic carboxylic acids is 1. The minimum Gasteiger partial charge on any atom is -0.481 e. The molecule has 0 saturated carbocycles. The molecule has 2 aromatic carbocycles. The van der Waals surface area contributed by atoms with E-state index in [2.05, 4.69) is 10.1 Å². The van der Waals surface area contributed by atoms with Gasteiger partial charge in [0.25, 0.3) is 0 Å². The van der Waals surface area contributed by atoms with Crippen LogP contribution >= 0.6 is 0 Å². The third kappa shape index (κ3) is 4.58. The average Bonchev–Trinajstić information content (AvgIpc) is 2.54. The van der Waals surface area contributed by atoms with Gasteiger partial charge in [-0.1, -0.05) is 36.4 Å². The van der Waals surface area contributed by atoms with Gasteiger partial charge in [-0.25, -0.2) is 0 Å². The first-order chi connectivity index (χ1) is 12.7. The first kappa shape index (κ1) is 18.8. The predicted octanol–water partition coefficient (Wildman–Crippen LogP) is 3.56. The molecule has 2 atom stereocenters. The predicted molar refractivity (Wildman–Crippen MR) is 89.1 cm³/mol.